The van der Waals surface area contributed by atoms with Crippen molar-refractivity contribution in [3.05, 3.63) is 69.7 Å². The standard InChI is InChI=1S/C17H13ClF3NO3/c1-22-15(10-2-4-11(5-3-10)16(23)24)25-9-12-8-13(17(19,20)21)6-7-14(12)18/h2-8H,9H2,1H3,(H,23,24). The molecule has 2 aromatic rings. The van der Waals surface area contributed by atoms with Crippen molar-refractivity contribution in [2.45, 2.75) is 12.8 Å². The van der Waals surface area contributed by atoms with Crippen molar-refractivity contribution in [2.24, 2.45) is 4.99 Å². The number of carbonyl (C=O) groups is 1. The van der Waals surface area contributed by atoms with Crippen LogP contribution in [0.4, 0.5) is 13.2 Å². The van der Waals surface area contributed by atoms with E-state index in [-0.39, 0.29) is 28.7 Å². The summed E-state index contributed by atoms with van der Waals surface area (Å²) in [6.07, 6.45) is -4.48. The molecule has 0 unspecified atom stereocenters. The molecule has 0 spiro atoms. The van der Waals surface area contributed by atoms with Crippen LogP contribution in [0.3, 0.4) is 0 Å². The van der Waals surface area contributed by atoms with Gasteiger partial charge in [-0.15, -0.1) is 0 Å². The first-order chi connectivity index (χ1) is 11.7. The molecule has 0 fully saturated rings. The molecular weight excluding hydrogens is 359 g/mol. The Morgan fingerprint density at radius 1 is 1.16 bits per heavy atom. The Morgan fingerprint density at radius 3 is 2.28 bits per heavy atom. The van der Waals surface area contributed by atoms with Crippen molar-refractivity contribution in [2.75, 3.05) is 7.05 Å². The van der Waals surface area contributed by atoms with E-state index < -0.39 is 17.7 Å². The van der Waals surface area contributed by atoms with Crippen LogP contribution >= 0.6 is 11.6 Å². The van der Waals surface area contributed by atoms with Gasteiger partial charge in [0.1, 0.15) is 6.61 Å². The molecule has 25 heavy (non-hydrogen) atoms. The minimum atomic E-state index is -4.48. The van der Waals surface area contributed by atoms with Crippen molar-refractivity contribution in [3.63, 3.8) is 0 Å². The van der Waals surface area contributed by atoms with Crippen LogP contribution in [0.25, 0.3) is 0 Å². The molecule has 0 bridgehead atoms. The molecule has 0 aromatic heterocycles. The number of aliphatic imine (C=N–C) groups is 1. The molecular formula is C17H13ClF3NO3. The average molecular weight is 372 g/mol. The van der Waals surface area contributed by atoms with Crippen LogP contribution in [0.2, 0.25) is 5.02 Å². The van der Waals surface area contributed by atoms with Crippen molar-refractivity contribution in [3.8, 4) is 0 Å². The predicted molar refractivity (Wildman–Crippen MR) is 87.1 cm³/mol. The molecule has 132 valence electrons. The van der Waals surface area contributed by atoms with Crippen LogP contribution in [0.15, 0.2) is 47.5 Å². The Kier molecular flexibility index (Phi) is 5.69. The second-order valence-corrected chi connectivity index (χ2v) is 5.41. The largest absolute Gasteiger partial charge is 0.478 e. The third kappa shape index (κ3) is 4.73. The topological polar surface area (TPSA) is 58.9 Å². The van der Waals surface area contributed by atoms with E-state index in [2.05, 4.69) is 4.99 Å². The first kappa shape index (κ1) is 18.8. The summed E-state index contributed by atoms with van der Waals surface area (Å²) in [6.45, 7) is -0.212. The van der Waals surface area contributed by atoms with E-state index in [4.69, 9.17) is 21.4 Å². The number of carboxylic acid groups (broad SMARTS) is 1. The van der Waals surface area contributed by atoms with Gasteiger partial charge in [0.05, 0.1) is 11.1 Å². The normalized spacial score (nSPS) is 12.1. The quantitative estimate of drug-likeness (QED) is 0.628. The lowest BCUT2D eigenvalue weighted by Crippen LogP contribution is -2.10. The summed E-state index contributed by atoms with van der Waals surface area (Å²) in [6, 6.07) is 8.73. The van der Waals surface area contributed by atoms with Gasteiger partial charge in [0.25, 0.3) is 0 Å². The van der Waals surface area contributed by atoms with Crippen LogP contribution in [-0.2, 0) is 17.5 Å². The summed E-state index contributed by atoms with van der Waals surface area (Å²) in [7, 11) is 1.45. The van der Waals surface area contributed by atoms with E-state index in [9.17, 15) is 18.0 Å². The van der Waals surface area contributed by atoms with Gasteiger partial charge in [-0.05, 0) is 42.5 Å². The van der Waals surface area contributed by atoms with Crippen molar-refractivity contribution < 1.29 is 27.8 Å². The number of hydrogen-bond donors (Lipinski definition) is 1. The van der Waals surface area contributed by atoms with E-state index in [1.165, 1.54) is 31.3 Å². The second-order valence-electron chi connectivity index (χ2n) is 5.00. The summed E-state index contributed by atoms with van der Waals surface area (Å²) in [5, 5.41) is 9.02. The fourth-order valence-electron chi connectivity index (χ4n) is 2.04. The highest BCUT2D eigenvalue weighted by atomic mass is 35.5. The zero-order valence-electron chi connectivity index (χ0n) is 13.0. The maximum Gasteiger partial charge on any atom is 0.416 e. The Bertz CT molecular complexity index is 802. The van der Waals surface area contributed by atoms with Crippen LogP contribution in [-0.4, -0.2) is 24.0 Å². The number of ether oxygens (including phenoxy) is 1. The summed E-state index contributed by atoms with van der Waals surface area (Å²) in [5.41, 5.74) is -0.0631. The van der Waals surface area contributed by atoms with Crippen molar-refractivity contribution in [1.82, 2.24) is 0 Å². The lowest BCUT2D eigenvalue weighted by Gasteiger charge is -2.13. The molecule has 4 nitrogen and oxygen atoms in total. The molecule has 2 aromatic carbocycles. The predicted octanol–water partition coefficient (Wildman–Crippen LogP) is 4.65. The Hall–Kier alpha value is -2.54. The van der Waals surface area contributed by atoms with E-state index in [1.807, 2.05) is 0 Å². The molecule has 0 heterocycles. The van der Waals surface area contributed by atoms with E-state index in [1.54, 1.807) is 0 Å². The van der Waals surface area contributed by atoms with Crippen LogP contribution in [0, 0.1) is 0 Å². The Labute approximate surface area is 146 Å². The fraction of sp³-hybridized carbons (Fsp3) is 0.176. The summed E-state index contributed by atoms with van der Waals surface area (Å²) in [4.78, 5) is 14.8. The van der Waals surface area contributed by atoms with Gasteiger partial charge in [0, 0.05) is 23.2 Å². The average Bonchev–Trinajstić information content (AvgIpc) is 2.56. The van der Waals surface area contributed by atoms with Gasteiger partial charge in [0.15, 0.2) is 0 Å². The molecule has 0 amide bonds. The van der Waals surface area contributed by atoms with Crippen molar-refractivity contribution in [1.29, 1.82) is 0 Å². The number of alkyl halides is 3. The first-order valence-corrected chi connectivity index (χ1v) is 7.39. The number of halogens is 4. The number of hydrogen-bond acceptors (Lipinski definition) is 3. The molecule has 0 aliphatic heterocycles. The zero-order chi connectivity index (χ0) is 18.6. The highest BCUT2D eigenvalue weighted by Gasteiger charge is 2.31. The number of rotatable bonds is 4. The molecule has 2 rings (SSSR count). The smallest absolute Gasteiger partial charge is 0.416 e. The fourth-order valence-corrected chi connectivity index (χ4v) is 2.21. The van der Waals surface area contributed by atoms with Crippen LogP contribution < -0.4 is 0 Å². The summed E-state index contributed by atoms with van der Waals surface area (Å²) < 4.78 is 43.8. The van der Waals surface area contributed by atoms with Gasteiger partial charge in [-0.25, -0.2) is 4.79 Å². The molecule has 0 atom stereocenters. The van der Waals surface area contributed by atoms with Gasteiger partial charge in [-0.3, -0.25) is 4.99 Å². The second kappa shape index (κ2) is 7.57. The minimum absolute atomic E-state index is 0.0973. The molecule has 0 aliphatic carbocycles. The van der Waals surface area contributed by atoms with E-state index in [0.29, 0.717) is 5.56 Å². The number of benzene rings is 2. The Morgan fingerprint density at radius 2 is 1.76 bits per heavy atom. The van der Waals surface area contributed by atoms with Gasteiger partial charge in [-0.2, -0.15) is 13.2 Å². The molecule has 0 aliphatic rings. The Balaban J connectivity index is 2.17. The van der Waals surface area contributed by atoms with Gasteiger partial charge in [-0.1, -0.05) is 11.6 Å². The lowest BCUT2D eigenvalue weighted by atomic mass is 10.1. The SMILES string of the molecule is CN=C(OCc1cc(C(F)(F)F)ccc1Cl)c1ccc(C(=O)O)cc1. The summed E-state index contributed by atoms with van der Waals surface area (Å²) in [5.74, 6) is -0.913. The summed E-state index contributed by atoms with van der Waals surface area (Å²) >= 11 is 5.92. The van der Waals surface area contributed by atoms with Crippen LogP contribution in [0.1, 0.15) is 27.0 Å². The molecule has 8 heteroatoms. The van der Waals surface area contributed by atoms with Gasteiger partial charge in [0.2, 0.25) is 5.90 Å². The first-order valence-electron chi connectivity index (χ1n) is 7.01. The maximum atomic E-state index is 12.8. The number of carboxylic acids is 1. The number of aromatic carboxylic acids is 1. The van der Waals surface area contributed by atoms with E-state index >= 15 is 0 Å². The van der Waals surface area contributed by atoms with Crippen LogP contribution in [0.5, 0.6) is 0 Å². The third-order valence-electron chi connectivity index (χ3n) is 3.32. The zero-order valence-corrected chi connectivity index (χ0v) is 13.7. The molecule has 1 N–H and O–H groups in total. The van der Waals surface area contributed by atoms with Gasteiger partial charge >= 0.3 is 12.1 Å². The number of nitrogens with zero attached hydrogens (tertiary/aromatic N) is 1. The highest BCUT2D eigenvalue weighted by molar-refractivity contribution is 6.31. The third-order valence-corrected chi connectivity index (χ3v) is 3.69. The van der Waals surface area contributed by atoms with E-state index in [0.717, 1.165) is 18.2 Å². The van der Waals surface area contributed by atoms with Crippen molar-refractivity contribution >= 4 is 23.5 Å². The molecule has 0 saturated heterocycles. The highest BCUT2D eigenvalue weighted by Crippen LogP contribution is 2.32. The monoisotopic (exact) mass is 371 g/mol. The molecule has 0 radical (unpaired) electrons. The maximum absolute atomic E-state index is 12.8. The minimum Gasteiger partial charge on any atom is -0.478 e. The van der Waals surface area contributed by atoms with Gasteiger partial charge < -0.3 is 9.84 Å². The lowest BCUT2D eigenvalue weighted by molar-refractivity contribution is -0.137. The molecule has 0 saturated carbocycles.